The summed E-state index contributed by atoms with van der Waals surface area (Å²) in [5, 5.41) is 12.2. The summed E-state index contributed by atoms with van der Waals surface area (Å²) in [7, 11) is -1.30. The number of ether oxygens (including phenoxy) is 2. The second kappa shape index (κ2) is 18.4. The first-order valence-corrected chi connectivity index (χ1v) is 17.6. The smallest absolute Gasteiger partial charge is 0.308 e. The predicted molar refractivity (Wildman–Crippen MR) is 178 cm³/mol. The third-order valence-electron chi connectivity index (χ3n) is 7.39. The van der Waals surface area contributed by atoms with Crippen LogP contribution in [0.4, 0.5) is 0 Å². The number of nitrogens with zero attached hydrogens (tertiary/aromatic N) is 4. The Kier molecular flexibility index (Phi) is 16.6. The molecule has 0 atom stereocenters. The van der Waals surface area contributed by atoms with E-state index in [1.807, 2.05) is 65.8 Å². The van der Waals surface area contributed by atoms with Gasteiger partial charge in [-0.15, -0.1) is 10.2 Å². The fraction of sp³-hybridized carbons (Fsp3) is 0.758. The van der Waals surface area contributed by atoms with E-state index in [-0.39, 0.29) is 35.3 Å². The minimum absolute atomic E-state index is 0.0237. The van der Waals surface area contributed by atoms with Crippen molar-refractivity contribution in [3.05, 3.63) is 24.3 Å². The summed E-state index contributed by atoms with van der Waals surface area (Å²) in [5.74, 6) is 2.23. The lowest BCUT2D eigenvalue weighted by molar-refractivity contribution is -0.152. The molecule has 2 aromatic rings. The predicted octanol–water partition coefficient (Wildman–Crippen LogP) is 7.22. The van der Waals surface area contributed by atoms with Gasteiger partial charge in [0.2, 0.25) is 15.8 Å². The second-order valence-corrected chi connectivity index (χ2v) is 15.8. The summed E-state index contributed by atoms with van der Waals surface area (Å²) in [6.07, 6.45) is 6.47. The SMILES string of the molecule is CC(C)C(=O)OC1CCCC1.CC(C)C(C)(C)C.CC(C)NS(=O)(=O)C1CC1.COc1ccc(-c2nnn(C(C)C)n2)cc1. The van der Waals surface area contributed by atoms with Crippen LogP contribution in [0.15, 0.2) is 24.3 Å². The van der Waals surface area contributed by atoms with Crippen LogP contribution in [0.2, 0.25) is 0 Å². The molecule has 1 aromatic carbocycles. The maximum Gasteiger partial charge on any atom is 0.308 e. The summed E-state index contributed by atoms with van der Waals surface area (Å²) in [6, 6.07) is 7.85. The number of hydrogen-bond donors (Lipinski definition) is 1. The van der Waals surface area contributed by atoms with Crippen LogP contribution in [0, 0.1) is 17.3 Å². The molecule has 0 bridgehead atoms. The topological polar surface area (TPSA) is 125 Å². The average molecular weight is 638 g/mol. The molecular weight excluding hydrogens is 578 g/mol. The van der Waals surface area contributed by atoms with Crippen LogP contribution in [-0.2, 0) is 19.6 Å². The van der Waals surface area contributed by atoms with E-state index in [9.17, 15) is 13.2 Å². The van der Waals surface area contributed by atoms with Gasteiger partial charge in [0.15, 0.2) is 0 Å². The molecule has 252 valence electrons. The first kappa shape index (κ1) is 39.5. The van der Waals surface area contributed by atoms with Crippen molar-refractivity contribution in [1.29, 1.82) is 0 Å². The number of sulfonamides is 1. The average Bonchev–Trinajstić information content (AvgIpc) is 3.46. The van der Waals surface area contributed by atoms with E-state index in [2.05, 4.69) is 54.8 Å². The highest BCUT2D eigenvalue weighted by Crippen LogP contribution is 2.27. The van der Waals surface area contributed by atoms with Crippen molar-refractivity contribution in [3.63, 3.8) is 0 Å². The molecule has 0 amide bonds. The van der Waals surface area contributed by atoms with Crippen LogP contribution in [0.25, 0.3) is 11.4 Å². The molecule has 0 aliphatic heterocycles. The van der Waals surface area contributed by atoms with Crippen LogP contribution in [0.5, 0.6) is 5.75 Å². The standard InChI is InChI=1S/C11H14N4O.C9H16O2.C7H16.C6H13NO2S/c1-8(2)15-13-11(12-14-15)9-4-6-10(16-3)7-5-9;1-7(2)9(10)11-8-5-3-4-6-8;1-6(2)7(3,4)5;1-5(2)7-10(8,9)6-3-4-6/h4-8H,1-3H3;7-8H,3-6H2,1-2H3;6H,1-5H3;5-7H,3-4H2,1-2H3. The van der Waals surface area contributed by atoms with Gasteiger partial charge in [-0.2, -0.15) is 4.80 Å². The van der Waals surface area contributed by atoms with Crippen LogP contribution in [0.1, 0.15) is 121 Å². The van der Waals surface area contributed by atoms with E-state index in [1.165, 1.54) is 12.8 Å². The maximum absolute atomic E-state index is 11.1. The largest absolute Gasteiger partial charge is 0.497 e. The molecule has 0 radical (unpaired) electrons. The summed E-state index contributed by atoms with van der Waals surface area (Å²) >= 11 is 0. The van der Waals surface area contributed by atoms with Crippen molar-refractivity contribution in [1.82, 2.24) is 24.9 Å². The lowest BCUT2D eigenvalue weighted by atomic mass is 9.84. The van der Waals surface area contributed by atoms with Crippen molar-refractivity contribution in [2.24, 2.45) is 17.3 Å². The molecule has 0 saturated heterocycles. The zero-order valence-electron chi connectivity index (χ0n) is 29.3. The van der Waals surface area contributed by atoms with Crippen LogP contribution in [0.3, 0.4) is 0 Å². The molecule has 0 unspecified atom stereocenters. The van der Waals surface area contributed by atoms with Gasteiger partial charge in [-0.1, -0.05) is 48.5 Å². The zero-order chi connectivity index (χ0) is 33.7. The van der Waals surface area contributed by atoms with Gasteiger partial charge in [-0.05, 0) is 107 Å². The minimum atomic E-state index is -2.94. The molecule has 1 N–H and O–H groups in total. The number of tetrazole rings is 1. The molecule has 2 aliphatic carbocycles. The minimum Gasteiger partial charge on any atom is -0.497 e. The maximum atomic E-state index is 11.1. The summed E-state index contributed by atoms with van der Waals surface area (Å²) in [6.45, 7) is 22.7. The Morgan fingerprint density at radius 1 is 0.932 bits per heavy atom. The number of esters is 1. The van der Waals surface area contributed by atoms with Crippen molar-refractivity contribution in [3.8, 4) is 17.1 Å². The second-order valence-electron chi connectivity index (χ2n) is 13.8. The van der Waals surface area contributed by atoms with E-state index in [1.54, 1.807) is 11.9 Å². The first-order chi connectivity index (χ1) is 20.4. The first-order valence-electron chi connectivity index (χ1n) is 16.0. The number of benzene rings is 1. The number of nitrogens with one attached hydrogen (secondary N) is 1. The number of rotatable bonds is 8. The van der Waals surface area contributed by atoms with E-state index < -0.39 is 10.0 Å². The highest BCUT2D eigenvalue weighted by molar-refractivity contribution is 7.90. The van der Waals surface area contributed by atoms with Gasteiger partial charge in [-0.3, -0.25) is 4.79 Å². The Hall–Kier alpha value is -2.53. The quantitative estimate of drug-likeness (QED) is 0.301. The van der Waals surface area contributed by atoms with Gasteiger partial charge in [0.25, 0.3) is 0 Å². The van der Waals surface area contributed by atoms with Crippen molar-refractivity contribution in [2.45, 2.75) is 138 Å². The molecule has 10 nitrogen and oxygen atoms in total. The van der Waals surface area contributed by atoms with Gasteiger partial charge in [0, 0.05) is 11.6 Å². The monoisotopic (exact) mass is 637 g/mol. The zero-order valence-corrected chi connectivity index (χ0v) is 30.1. The summed E-state index contributed by atoms with van der Waals surface area (Å²) < 4.78 is 35.1. The fourth-order valence-corrected chi connectivity index (χ4v) is 5.02. The molecule has 2 saturated carbocycles. The Morgan fingerprint density at radius 2 is 1.45 bits per heavy atom. The molecule has 0 spiro atoms. The van der Waals surface area contributed by atoms with Crippen molar-refractivity contribution < 1.29 is 22.7 Å². The molecule has 44 heavy (non-hydrogen) atoms. The van der Waals surface area contributed by atoms with E-state index >= 15 is 0 Å². The van der Waals surface area contributed by atoms with Gasteiger partial charge >= 0.3 is 5.97 Å². The van der Waals surface area contributed by atoms with Gasteiger partial charge in [-0.25, -0.2) is 13.1 Å². The molecule has 1 heterocycles. The normalized spacial score (nSPS) is 15.3. The lowest BCUT2D eigenvalue weighted by Gasteiger charge is -2.22. The highest BCUT2D eigenvalue weighted by atomic mass is 32.2. The Balaban J connectivity index is 0.000000307. The number of methoxy groups -OCH3 is 1. The van der Waals surface area contributed by atoms with E-state index in [0.29, 0.717) is 11.2 Å². The fourth-order valence-electron chi connectivity index (χ4n) is 3.41. The lowest BCUT2D eigenvalue weighted by Crippen LogP contribution is -2.32. The molecule has 2 aliphatic rings. The van der Waals surface area contributed by atoms with Crippen molar-refractivity contribution in [2.75, 3.05) is 7.11 Å². The van der Waals surface area contributed by atoms with Crippen LogP contribution >= 0.6 is 0 Å². The molecule has 1 aromatic heterocycles. The van der Waals surface area contributed by atoms with E-state index in [0.717, 1.165) is 42.9 Å². The van der Waals surface area contributed by atoms with Crippen molar-refractivity contribution >= 4 is 16.0 Å². The van der Waals surface area contributed by atoms with Gasteiger partial charge in [0.1, 0.15) is 11.9 Å². The summed E-state index contributed by atoms with van der Waals surface area (Å²) in [5.41, 5.74) is 1.44. The molecular formula is C33H59N5O5S. The molecule has 4 rings (SSSR count). The highest BCUT2D eigenvalue weighted by Gasteiger charge is 2.35. The summed E-state index contributed by atoms with van der Waals surface area (Å²) in [4.78, 5) is 12.7. The van der Waals surface area contributed by atoms with Crippen LogP contribution in [-0.4, -0.2) is 59.1 Å². The van der Waals surface area contributed by atoms with E-state index in [4.69, 9.17) is 9.47 Å². The third kappa shape index (κ3) is 15.5. The number of aromatic nitrogens is 4. The Bertz CT molecular complexity index is 1190. The number of hydrogen-bond acceptors (Lipinski definition) is 8. The Labute approximate surface area is 267 Å². The molecule has 11 heteroatoms. The number of carbonyl (C=O) groups is 1. The number of carbonyl (C=O) groups excluding carboxylic acids is 1. The Morgan fingerprint density at radius 3 is 1.82 bits per heavy atom. The molecule has 2 fully saturated rings. The van der Waals surface area contributed by atoms with Gasteiger partial charge < -0.3 is 9.47 Å². The van der Waals surface area contributed by atoms with Gasteiger partial charge in [0.05, 0.1) is 24.3 Å². The van der Waals surface area contributed by atoms with Crippen LogP contribution < -0.4 is 9.46 Å². The third-order valence-corrected chi connectivity index (χ3v) is 9.54.